The van der Waals surface area contributed by atoms with Crippen LogP contribution in [-0.4, -0.2) is 51.5 Å². The van der Waals surface area contributed by atoms with Gasteiger partial charge in [0.15, 0.2) is 5.71 Å². The Morgan fingerprint density at radius 2 is 1.83 bits per heavy atom. The molecule has 1 aliphatic heterocycles. The van der Waals surface area contributed by atoms with Crippen LogP contribution in [0.3, 0.4) is 0 Å². The first-order valence-corrected chi connectivity index (χ1v) is 15.6. The Kier molecular flexibility index (Phi) is 9.47. The van der Waals surface area contributed by atoms with Gasteiger partial charge in [0.2, 0.25) is 11.6 Å². The highest BCUT2D eigenvalue weighted by Gasteiger charge is 2.37. The number of thioether (sulfide) groups is 1. The zero-order chi connectivity index (χ0) is 33.0. The second kappa shape index (κ2) is 13.5. The first-order chi connectivity index (χ1) is 21.9. The molecule has 3 aromatic carbocycles. The number of hydrogen-bond donors (Lipinski definition) is 2. The van der Waals surface area contributed by atoms with Gasteiger partial charge < -0.3 is 14.6 Å². The fraction of sp³-hybridized carbons (Fsp3) is 0.235. The van der Waals surface area contributed by atoms with Gasteiger partial charge in [-0.3, -0.25) is 14.9 Å². The lowest BCUT2D eigenvalue weighted by Crippen LogP contribution is -2.31. The molecule has 0 radical (unpaired) electrons. The number of carbonyl (C=O) groups excluding carboxylic acids is 3. The maximum absolute atomic E-state index is 15.2. The highest BCUT2D eigenvalue weighted by molar-refractivity contribution is 7.98. The van der Waals surface area contributed by atoms with Gasteiger partial charge in [0, 0.05) is 22.6 Å². The second-order valence-corrected chi connectivity index (χ2v) is 12.3. The average Bonchev–Trinajstić information content (AvgIpc) is 3.60. The molecular weight excluding hydrogens is 609 g/mol. The van der Waals surface area contributed by atoms with E-state index in [0.29, 0.717) is 22.5 Å². The Morgan fingerprint density at radius 1 is 1.11 bits per heavy atom. The standard InChI is InChI=1S/C34H32FN5O5S/c1-6-26(20-10-14-23(46-5)15-11-20)37-28-29(41)27(38-31(28)42)18-19-7-16-24(25(35)17-19)30-39-32(45-40-30)21-8-12-22(13-9-21)36-33(43)44-34(2,3)4/h6-17,27H,18H2,1-5H3,(H,36,43)(H,38,42)/b26-6-,37-28?. The number of nitrogens with zero attached hydrogens (tertiary/aromatic N) is 3. The molecule has 1 unspecified atom stereocenters. The van der Waals surface area contributed by atoms with Gasteiger partial charge in [-0.05, 0) is 93.6 Å². The van der Waals surface area contributed by atoms with E-state index >= 15 is 4.39 Å². The van der Waals surface area contributed by atoms with Crippen molar-refractivity contribution in [2.45, 2.75) is 50.7 Å². The second-order valence-electron chi connectivity index (χ2n) is 11.4. The van der Waals surface area contributed by atoms with E-state index in [0.717, 1.165) is 10.5 Å². The van der Waals surface area contributed by atoms with Crippen LogP contribution in [0.2, 0.25) is 0 Å². The molecule has 2 N–H and O–H groups in total. The molecule has 1 atom stereocenters. The molecular formula is C34H32FN5O5S. The lowest BCUT2D eigenvalue weighted by atomic mass is 10.0. The molecule has 5 rings (SSSR count). The van der Waals surface area contributed by atoms with Crippen molar-refractivity contribution in [3.8, 4) is 22.8 Å². The normalized spacial score (nSPS) is 16.1. The number of allylic oxidation sites excluding steroid dienone is 1. The summed E-state index contributed by atoms with van der Waals surface area (Å²) in [5.41, 5.74) is 2.17. The third-order valence-corrected chi connectivity index (χ3v) is 7.62. The highest BCUT2D eigenvalue weighted by Crippen LogP contribution is 2.27. The molecule has 12 heteroatoms. The zero-order valence-corrected chi connectivity index (χ0v) is 26.7. The summed E-state index contributed by atoms with van der Waals surface area (Å²) in [5, 5.41) is 9.24. The van der Waals surface area contributed by atoms with Gasteiger partial charge in [0.05, 0.1) is 17.3 Å². The van der Waals surface area contributed by atoms with E-state index in [1.54, 1.807) is 75.9 Å². The third kappa shape index (κ3) is 7.57. The number of amides is 2. The third-order valence-electron chi connectivity index (χ3n) is 6.88. The smallest absolute Gasteiger partial charge is 0.412 e. The van der Waals surface area contributed by atoms with Gasteiger partial charge in [-0.2, -0.15) is 4.98 Å². The van der Waals surface area contributed by atoms with Crippen LogP contribution in [0.1, 0.15) is 38.8 Å². The number of aliphatic imine (C=N–C) groups is 1. The van der Waals surface area contributed by atoms with Crippen LogP contribution in [0, 0.1) is 5.82 Å². The number of hydrogen-bond acceptors (Lipinski definition) is 9. The van der Waals surface area contributed by atoms with E-state index in [9.17, 15) is 14.4 Å². The van der Waals surface area contributed by atoms with Crippen molar-refractivity contribution in [3.63, 3.8) is 0 Å². The molecule has 10 nitrogen and oxygen atoms in total. The molecule has 2 heterocycles. The van der Waals surface area contributed by atoms with Crippen LogP contribution in [0.4, 0.5) is 14.9 Å². The number of halogens is 1. The highest BCUT2D eigenvalue weighted by atomic mass is 32.2. The van der Waals surface area contributed by atoms with Crippen molar-refractivity contribution < 1.29 is 28.0 Å². The maximum Gasteiger partial charge on any atom is 0.412 e. The molecule has 236 valence electrons. The van der Waals surface area contributed by atoms with Crippen LogP contribution >= 0.6 is 11.8 Å². The van der Waals surface area contributed by atoms with E-state index in [1.165, 1.54) is 12.1 Å². The van der Waals surface area contributed by atoms with Gasteiger partial charge in [-0.15, -0.1) is 11.8 Å². The van der Waals surface area contributed by atoms with E-state index in [1.807, 2.05) is 30.5 Å². The largest absolute Gasteiger partial charge is 0.444 e. The van der Waals surface area contributed by atoms with Crippen molar-refractivity contribution in [2.24, 2.45) is 4.99 Å². The summed E-state index contributed by atoms with van der Waals surface area (Å²) in [6, 6.07) is 17.9. The summed E-state index contributed by atoms with van der Waals surface area (Å²) in [6.07, 6.45) is 3.22. The number of rotatable bonds is 8. The van der Waals surface area contributed by atoms with Gasteiger partial charge in [-0.25, -0.2) is 14.2 Å². The topological polar surface area (TPSA) is 136 Å². The molecule has 1 saturated heterocycles. The predicted octanol–water partition coefficient (Wildman–Crippen LogP) is 6.72. The van der Waals surface area contributed by atoms with E-state index in [-0.39, 0.29) is 29.4 Å². The lowest BCUT2D eigenvalue weighted by Gasteiger charge is -2.19. The maximum atomic E-state index is 15.2. The van der Waals surface area contributed by atoms with E-state index in [2.05, 4.69) is 25.8 Å². The number of carbonyl (C=O) groups is 3. The molecule has 1 aromatic heterocycles. The summed E-state index contributed by atoms with van der Waals surface area (Å²) in [4.78, 5) is 47.6. The summed E-state index contributed by atoms with van der Waals surface area (Å²) in [6.45, 7) is 7.10. The van der Waals surface area contributed by atoms with Gasteiger partial charge in [-0.1, -0.05) is 29.4 Å². The van der Waals surface area contributed by atoms with Crippen LogP contribution in [-0.2, 0) is 20.7 Å². The SMILES string of the molecule is C/C=C(\N=C1C(=O)NC(Cc2ccc(-c3noc(-c4ccc(NC(=O)OC(C)(C)C)cc4)n3)c(F)c2)C1=O)c1ccc(SC)cc1. The fourth-order valence-corrected chi connectivity index (χ4v) is 5.08. The zero-order valence-electron chi connectivity index (χ0n) is 25.9. The van der Waals surface area contributed by atoms with E-state index < -0.39 is 35.2 Å². The number of nitrogens with one attached hydrogen (secondary N) is 2. The monoisotopic (exact) mass is 641 g/mol. The molecule has 1 aliphatic rings. The van der Waals surface area contributed by atoms with Crippen LogP contribution in [0.5, 0.6) is 0 Å². The summed E-state index contributed by atoms with van der Waals surface area (Å²) >= 11 is 1.61. The quantitative estimate of drug-likeness (QED) is 0.202. The first-order valence-electron chi connectivity index (χ1n) is 14.4. The minimum Gasteiger partial charge on any atom is -0.444 e. The Labute approximate surface area is 269 Å². The molecule has 2 amide bonds. The van der Waals surface area contributed by atoms with Gasteiger partial charge in [0.25, 0.3) is 11.8 Å². The van der Waals surface area contributed by atoms with Crippen molar-refractivity contribution in [1.29, 1.82) is 0 Å². The van der Waals surface area contributed by atoms with Gasteiger partial charge in [0.1, 0.15) is 11.4 Å². The number of anilines is 1. The minimum absolute atomic E-state index is 0.0408. The Hall–Kier alpha value is -5.10. The molecule has 0 aliphatic carbocycles. The number of benzene rings is 3. The molecule has 46 heavy (non-hydrogen) atoms. The number of Topliss-reactive ketones (excluding diaryl/α,β-unsaturated/α-hetero) is 1. The molecule has 0 bridgehead atoms. The number of aromatic nitrogens is 2. The Balaban J connectivity index is 1.25. The average molecular weight is 642 g/mol. The van der Waals surface area contributed by atoms with Gasteiger partial charge >= 0.3 is 6.09 Å². The summed E-state index contributed by atoms with van der Waals surface area (Å²) in [7, 11) is 0. The Bertz CT molecular complexity index is 1840. The molecule has 1 fully saturated rings. The van der Waals surface area contributed by atoms with Crippen molar-refractivity contribution in [1.82, 2.24) is 15.5 Å². The summed E-state index contributed by atoms with van der Waals surface area (Å²) < 4.78 is 25.9. The molecule has 0 saturated carbocycles. The van der Waals surface area contributed by atoms with Crippen molar-refractivity contribution in [3.05, 3.63) is 89.8 Å². The number of ether oxygens (including phenoxy) is 1. The number of ketones is 1. The van der Waals surface area contributed by atoms with Crippen LogP contribution < -0.4 is 10.6 Å². The fourth-order valence-electron chi connectivity index (χ4n) is 4.67. The molecule has 4 aromatic rings. The molecule has 0 spiro atoms. The van der Waals surface area contributed by atoms with Crippen LogP contribution in [0.25, 0.3) is 28.5 Å². The van der Waals surface area contributed by atoms with Crippen LogP contribution in [0.15, 0.2) is 87.2 Å². The lowest BCUT2D eigenvalue weighted by molar-refractivity contribution is -0.115. The van der Waals surface area contributed by atoms with Crippen molar-refractivity contribution in [2.75, 3.05) is 11.6 Å². The minimum atomic E-state index is -0.877. The van der Waals surface area contributed by atoms with Crippen molar-refractivity contribution >= 4 is 46.6 Å². The summed E-state index contributed by atoms with van der Waals surface area (Å²) in [5.74, 6) is -1.43. The predicted molar refractivity (Wildman–Crippen MR) is 175 cm³/mol. The van der Waals surface area contributed by atoms with E-state index in [4.69, 9.17) is 9.26 Å². The first kappa shape index (κ1) is 32.3. The Morgan fingerprint density at radius 3 is 2.46 bits per heavy atom.